The van der Waals surface area contributed by atoms with E-state index in [1.54, 1.807) is 24.3 Å². The highest BCUT2D eigenvalue weighted by molar-refractivity contribution is 8.02. The number of halogens is 1. The molecule has 0 unspecified atom stereocenters. The maximum Gasteiger partial charge on any atom is 0.214 e. The molecule has 0 aliphatic carbocycles. The third kappa shape index (κ3) is 4.33. The molecule has 1 heterocycles. The largest absolute Gasteiger partial charge is 0.374 e. The second kappa shape index (κ2) is 8.69. The SMILES string of the molecule is CS/C(NCc1ccccc1)=C(/C(=O)c1ccc(Cl)cc1)n1cncn1. The average molecular weight is 385 g/mol. The van der Waals surface area contributed by atoms with Crippen LogP contribution in [0.1, 0.15) is 15.9 Å². The van der Waals surface area contributed by atoms with Crippen LogP contribution < -0.4 is 5.32 Å². The van der Waals surface area contributed by atoms with Crippen LogP contribution in [0.3, 0.4) is 0 Å². The van der Waals surface area contributed by atoms with Gasteiger partial charge in [-0.25, -0.2) is 9.67 Å². The monoisotopic (exact) mass is 384 g/mol. The number of allylic oxidation sites excluding steroid dienone is 1. The number of thioether (sulfide) groups is 1. The van der Waals surface area contributed by atoms with Crippen LogP contribution in [0.25, 0.3) is 5.70 Å². The molecule has 0 bridgehead atoms. The Labute approximate surface area is 161 Å². The van der Waals surface area contributed by atoms with Crippen LogP contribution in [-0.4, -0.2) is 26.8 Å². The summed E-state index contributed by atoms with van der Waals surface area (Å²) in [7, 11) is 0. The molecule has 0 atom stereocenters. The molecule has 2 aromatic carbocycles. The van der Waals surface area contributed by atoms with Crippen LogP contribution in [-0.2, 0) is 6.54 Å². The minimum absolute atomic E-state index is 0.155. The fourth-order valence-corrected chi connectivity index (χ4v) is 3.13. The Hall–Kier alpha value is -2.57. The lowest BCUT2D eigenvalue weighted by Gasteiger charge is -2.15. The van der Waals surface area contributed by atoms with Crippen LogP contribution in [0.2, 0.25) is 5.02 Å². The highest BCUT2D eigenvalue weighted by Crippen LogP contribution is 2.23. The summed E-state index contributed by atoms with van der Waals surface area (Å²) in [6, 6.07) is 16.8. The summed E-state index contributed by atoms with van der Waals surface area (Å²) in [5, 5.41) is 8.80. The number of nitrogens with zero attached hydrogens (tertiary/aromatic N) is 3. The highest BCUT2D eigenvalue weighted by Gasteiger charge is 2.20. The molecular weight excluding hydrogens is 368 g/mol. The van der Waals surface area contributed by atoms with Gasteiger partial charge in [-0.05, 0) is 36.1 Å². The standard InChI is InChI=1S/C19H17ClN4OS/c1-26-19(22-11-14-5-3-2-4-6-14)17(24-13-21-12-23-24)18(25)15-7-9-16(20)10-8-15/h2-10,12-13,22H,11H2,1H3/b19-17-. The summed E-state index contributed by atoms with van der Waals surface area (Å²) in [5.74, 6) is -0.155. The second-order valence-electron chi connectivity index (χ2n) is 5.40. The number of carbonyl (C=O) groups is 1. The van der Waals surface area contributed by atoms with Crippen molar-refractivity contribution in [1.29, 1.82) is 0 Å². The molecule has 1 aromatic heterocycles. The Bertz CT molecular complexity index is 893. The Morgan fingerprint density at radius 1 is 1.15 bits per heavy atom. The second-order valence-corrected chi connectivity index (χ2v) is 6.65. The lowest BCUT2D eigenvalue weighted by molar-refractivity contribution is 0.104. The van der Waals surface area contributed by atoms with Gasteiger partial charge in [0.1, 0.15) is 18.4 Å². The molecule has 0 saturated heterocycles. The lowest BCUT2D eigenvalue weighted by atomic mass is 10.1. The van der Waals surface area contributed by atoms with Crippen molar-refractivity contribution in [3.05, 3.63) is 88.4 Å². The van der Waals surface area contributed by atoms with E-state index in [2.05, 4.69) is 15.4 Å². The Kier molecular flexibility index (Phi) is 6.09. The zero-order chi connectivity index (χ0) is 18.4. The molecule has 3 rings (SSSR count). The number of nitrogens with one attached hydrogen (secondary N) is 1. The number of hydrogen-bond donors (Lipinski definition) is 1. The van der Waals surface area contributed by atoms with Gasteiger partial charge in [-0.1, -0.05) is 41.9 Å². The number of carbonyl (C=O) groups excluding carboxylic acids is 1. The van der Waals surface area contributed by atoms with E-state index in [0.717, 1.165) is 10.6 Å². The Morgan fingerprint density at radius 3 is 2.50 bits per heavy atom. The zero-order valence-electron chi connectivity index (χ0n) is 14.1. The smallest absolute Gasteiger partial charge is 0.214 e. The summed E-state index contributed by atoms with van der Waals surface area (Å²) < 4.78 is 1.49. The van der Waals surface area contributed by atoms with Crippen LogP contribution in [0.5, 0.6) is 0 Å². The molecule has 0 radical (unpaired) electrons. The summed E-state index contributed by atoms with van der Waals surface area (Å²) >= 11 is 7.39. The van der Waals surface area contributed by atoms with Gasteiger partial charge in [0, 0.05) is 17.1 Å². The van der Waals surface area contributed by atoms with Gasteiger partial charge in [0.2, 0.25) is 5.78 Å². The molecular formula is C19H17ClN4OS. The van der Waals surface area contributed by atoms with Crippen molar-refractivity contribution in [2.45, 2.75) is 6.54 Å². The van der Waals surface area contributed by atoms with Gasteiger partial charge in [-0.15, -0.1) is 11.8 Å². The van der Waals surface area contributed by atoms with E-state index >= 15 is 0 Å². The number of ketones is 1. The molecule has 0 saturated carbocycles. The van der Waals surface area contributed by atoms with Crippen LogP contribution in [0.4, 0.5) is 0 Å². The Morgan fingerprint density at radius 2 is 1.88 bits per heavy atom. The fraction of sp³-hybridized carbons (Fsp3) is 0.105. The molecule has 1 N–H and O–H groups in total. The normalized spacial score (nSPS) is 11.8. The van der Waals surface area contributed by atoms with Crippen molar-refractivity contribution in [3.8, 4) is 0 Å². The number of rotatable bonds is 7. The lowest BCUT2D eigenvalue weighted by Crippen LogP contribution is -2.20. The maximum atomic E-state index is 13.1. The molecule has 3 aromatic rings. The molecule has 5 nitrogen and oxygen atoms in total. The number of hydrogen-bond acceptors (Lipinski definition) is 5. The van der Waals surface area contributed by atoms with Gasteiger partial charge >= 0.3 is 0 Å². The molecule has 7 heteroatoms. The van der Waals surface area contributed by atoms with Gasteiger partial charge in [-0.3, -0.25) is 4.79 Å². The van der Waals surface area contributed by atoms with E-state index in [4.69, 9.17) is 11.6 Å². The first-order valence-corrected chi connectivity index (χ1v) is 9.50. The van der Waals surface area contributed by atoms with Gasteiger partial charge in [-0.2, -0.15) is 5.10 Å². The van der Waals surface area contributed by atoms with Gasteiger partial charge < -0.3 is 5.32 Å². The number of benzene rings is 2. The average Bonchev–Trinajstić information content (AvgIpc) is 3.20. The third-order valence-corrected chi connectivity index (χ3v) is 4.68. The Balaban J connectivity index is 1.96. The number of aromatic nitrogens is 3. The topological polar surface area (TPSA) is 59.8 Å². The van der Waals surface area contributed by atoms with Crippen molar-refractivity contribution < 1.29 is 4.79 Å². The first-order valence-electron chi connectivity index (χ1n) is 7.90. The van der Waals surface area contributed by atoms with Gasteiger partial charge in [0.25, 0.3) is 0 Å². The van der Waals surface area contributed by atoms with Crippen molar-refractivity contribution in [1.82, 2.24) is 20.1 Å². The minimum Gasteiger partial charge on any atom is -0.374 e. The molecule has 0 aliphatic rings. The number of Topliss-reactive ketones (excluding diaryl/α,β-unsaturated/α-hetero) is 1. The molecule has 26 heavy (non-hydrogen) atoms. The van der Waals surface area contributed by atoms with E-state index < -0.39 is 0 Å². The van der Waals surface area contributed by atoms with Crippen molar-refractivity contribution in [3.63, 3.8) is 0 Å². The first-order chi connectivity index (χ1) is 12.7. The summed E-state index contributed by atoms with van der Waals surface area (Å²) in [6.07, 6.45) is 4.84. The van der Waals surface area contributed by atoms with Crippen LogP contribution >= 0.6 is 23.4 Å². The predicted molar refractivity (Wildman–Crippen MR) is 106 cm³/mol. The van der Waals surface area contributed by atoms with Crippen molar-refractivity contribution >= 4 is 34.8 Å². The predicted octanol–water partition coefficient (Wildman–Crippen LogP) is 4.09. The first kappa shape index (κ1) is 18.2. The van der Waals surface area contributed by atoms with Gasteiger partial charge in [0.05, 0.1) is 5.03 Å². The van der Waals surface area contributed by atoms with E-state index in [9.17, 15) is 4.79 Å². The maximum absolute atomic E-state index is 13.1. The molecule has 0 fully saturated rings. The third-order valence-electron chi connectivity index (χ3n) is 3.68. The van der Waals surface area contributed by atoms with Gasteiger partial charge in [0.15, 0.2) is 0 Å². The molecule has 132 valence electrons. The van der Waals surface area contributed by atoms with E-state index in [1.807, 2.05) is 36.6 Å². The fourth-order valence-electron chi connectivity index (χ4n) is 2.40. The summed E-state index contributed by atoms with van der Waals surface area (Å²) in [4.78, 5) is 17.1. The molecule has 0 amide bonds. The summed E-state index contributed by atoms with van der Waals surface area (Å²) in [6.45, 7) is 0.600. The zero-order valence-corrected chi connectivity index (χ0v) is 15.7. The van der Waals surface area contributed by atoms with Crippen molar-refractivity contribution in [2.75, 3.05) is 6.26 Å². The van der Waals surface area contributed by atoms with Crippen molar-refractivity contribution in [2.24, 2.45) is 0 Å². The molecule has 0 spiro atoms. The van der Waals surface area contributed by atoms with E-state index in [0.29, 0.717) is 22.8 Å². The molecule has 0 aliphatic heterocycles. The minimum atomic E-state index is -0.155. The van der Waals surface area contributed by atoms with E-state index in [1.165, 1.54) is 29.1 Å². The quantitative estimate of drug-likeness (QED) is 0.491. The summed E-state index contributed by atoms with van der Waals surface area (Å²) in [5.41, 5.74) is 2.08. The van der Waals surface area contributed by atoms with E-state index in [-0.39, 0.29) is 5.78 Å². The van der Waals surface area contributed by atoms with Crippen LogP contribution in [0.15, 0.2) is 72.3 Å². The van der Waals surface area contributed by atoms with Crippen LogP contribution in [0, 0.1) is 0 Å². The highest BCUT2D eigenvalue weighted by atomic mass is 35.5.